The maximum atomic E-state index is 11.8. The summed E-state index contributed by atoms with van der Waals surface area (Å²) < 4.78 is 0. The van der Waals surface area contributed by atoms with Crippen molar-refractivity contribution in [3.8, 4) is 0 Å². The van der Waals surface area contributed by atoms with E-state index in [2.05, 4.69) is 15.8 Å². The van der Waals surface area contributed by atoms with Crippen LogP contribution in [0.5, 0.6) is 0 Å². The second kappa shape index (κ2) is 8.84. The molecular weight excluding hydrogens is 326 g/mol. The van der Waals surface area contributed by atoms with E-state index < -0.39 is 0 Å². The lowest BCUT2D eigenvalue weighted by Gasteiger charge is -2.05. The fourth-order valence-corrected chi connectivity index (χ4v) is 2.08. The van der Waals surface area contributed by atoms with Crippen molar-refractivity contribution in [2.75, 3.05) is 5.32 Å². The topological polar surface area (TPSA) is 70.6 Å². The standard InChI is InChI=1S/C18H18ClN3O2/c1-13-6-8-15(9-7-13)21-17(23)10-11-18(24)22-20-12-14-4-2-3-5-16(14)19/h2-9,12H,10-11H2,1H3,(H,21,23)(H,22,24). The summed E-state index contributed by atoms with van der Waals surface area (Å²) in [5.74, 6) is -0.554. The third-order valence-corrected chi connectivity index (χ3v) is 3.56. The number of halogens is 1. The minimum absolute atomic E-state index is 0.0531. The molecule has 0 fully saturated rings. The number of rotatable bonds is 6. The number of nitrogens with zero attached hydrogens (tertiary/aromatic N) is 1. The SMILES string of the molecule is Cc1ccc(NC(=O)CCC(=O)NN=Cc2ccccc2Cl)cc1. The van der Waals surface area contributed by atoms with Gasteiger partial charge in [0.15, 0.2) is 0 Å². The zero-order valence-electron chi connectivity index (χ0n) is 13.3. The van der Waals surface area contributed by atoms with Gasteiger partial charge in [-0.1, -0.05) is 47.5 Å². The summed E-state index contributed by atoms with van der Waals surface area (Å²) in [4.78, 5) is 23.5. The van der Waals surface area contributed by atoms with Gasteiger partial charge in [-0.05, 0) is 25.1 Å². The van der Waals surface area contributed by atoms with Crippen LogP contribution in [-0.2, 0) is 9.59 Å². The van der Waals surface area contributed by atoms with Crippen molar-refractivity contribution < 1.29 is 9.59 Å². The number of benzene rings is 2. The molecule has 0 atom stereocenters. The van der Waals surface area contributed by atoms with Crippen molar-refractivity contribution >= 4 is 35.3 Å². The minimum Gasteiger partial charge on any atom is -0.326 e. The van der Waals surface area contributed by atoms with Gasteiger partial charge in [-0.15, -0.1) is 0 Å². The summed E-state index contributed by atoms with van der Waals surface area (Å²) in [6.45, 7) is 1.97. The van der Waals surface area contributed by atoms with Crippen LogP contribution in [-0.4, -0.2) is 18.0 Å². The number of hydrogen-bond donors (Lipinski definition) is 2. The fraction of sp³-hybridized carbons (Fsp3) is 0.167. The molecule has 5 nitrogen and oxygen atoms in total. The number of nitrogens with one attached hydrogen (secondary N) is 2. The highest BCUT2D eigenvalue weighted by molar-refractivity contribution is 6.33. The number of carbonyl (C=O) groups is 2. The molecule has 0 heterocycles. The van der Waals surface area contributed by atoms with Gasteiger partial charge in [-0.3, -0.25) is 9.59 Å². The molecule has 0 aromatic heterocycles. The normalized spacial score (nSPS) is 10.6. The molecule has 124 valence electrons. The maximum absolute atomic E-state index is 11.8. The van der Waals surface area contributed by atoms with Gasteiger partial charge in [0.05, 0.1) is 6.21 Å². The Morgan fingerprint density at radius 3 is 2.42 bits per heavy atom. The van der Waals surface area contributed by atoms with Crippen LogP contribution in [0.2, 0.25) is 5.02 Å². The summed E-state index contributed by atoms with van der Waals surface area (Å²) in [5.41, 5.74) is 4.91. The Balaban J connectivity index is 1.73. The van der Waals surface area contributed by atoms with Gasteiger partial charge in [0.1, 0.15) is 0 Å². The molecule has 0 saturated carbocycles. The number of amides is 2. The molecule has 0 aliphatic carbocycles. The van der Waals surface area contributed by atoms with E-state index in [1.165, 1.54) is 6.21 Å². The Bertz CT molecular complexity index is 742. The summed E-state index contributed by atoms with van der Waals surface area (Å²) in [6, 6.07) is 14.6. The van der Waals surface area contributed by atoms with Gasteiger partial charge in [-0.25, -0.2) is 5.43 Å². The minimum atomic E-state index is -0.336. The van der Waals surface area contributed by atoms with Gasteiger partial charge >= 0.3 is 0 Å². The quantitative estimate of drug-likeness (QED) is 0.622. The largest absolute Gasteiger partial charge is 0.326 e. The summed E-state index contributed by atoms with van der Waals surface area (Å²) in [7, 11) is 0. The lowest BCUT2D eigenvalue weighted by molar-refractivity contribution is -0.124. The van der Waals surface area contributed by atoms with E-state index >= 15 is 0 Å². The van der Waals surface area contributed by atoms with Crippen LogP contribution in [0, 0.1) is 6.92 Å². The van der Waals surface area contributed by atoms with E-state index in [4.69, 9.17) is 11.6 Å². The highest BCUT2D eigenvalue weighted by Crippen LogP contribution is 2.12. The van der Waals surface area contributed by atoms with Crippen LogP contribution in [0.15, 0.2) is 53.6 Å². The number of anilines is 1. The second-order valence-electron chi connectivity index (χ2n) is 5.23. The molecule has 6 heteroatoms. The smallest absolute Gasteiger partial charge is 0.240 e. The first-order chi connectivity index (χ1) is 11.5. The van der Waals surface area contributed by atoms with Crippen molar-refractivity contribution in [2.45, 2.75) is 19.8 Å². The van der Waals surface area contributed by atoms with Crippen molar-refractivity contribution in [3.63, 3.8) is 0 Å². The fourth-order valence-electron chi connectivity index (χ4n) is 1.90. The van der Waals surface area contributed by atoms with E-state index in [0.717, 1.165) is 5.56 Å². The number of hydrogen-bond acceptors (Lipinski definition) is 3. The van der Waals surface area contributed by atoms with E-state index in [-0.39, 0.29) is 24.7 Å². The van der Waals surface area contributed by atoms with Crippen molar-refractivity contribution in [2.24, 2.45) is 5.10 Å². The monoisotopic (exact) mass is 343 g/mol. The molecule has 2 rings (SSSR count). The van der Waals surface area contributed by atoms with Crippen molar-refractivity contribution in [1.29, 1.82) is 0 Å². The Labute approximate surface area is 145 Å². The molecule has 0 bridgehead atoms. The first kappa shape index (κ1) is 17.7. The molecule has 2 N–H and O–H groups in total. The first-order valence-electron chi connectivity index (χ1n) is 7.47. The summed E-state index contributed by atoms with van der Waals surface area (Å²) >= 11 is 5.97. The number of carbonyl (C=O) groups excluding carboxylic acids is 2. The predicted octanol–water partition coefficient (Wildman–Crippen LogP) is 3.52. The van der Waals surface area contributed by atoms with Crippen LogP contribution in [0.1, 0.15) is 24.0 Å². The molecule has 0 unspecified atom stereocenters. The van der Waals surface area contributed by atoms with Gasteiger partial charge in [0.2, 0.25) is 11.8 Å². The Hall–Kier alpha value is -2.66. The van der Waals surface area contributed by atoms with Crippen molar-refractivity contribution in [3.05, 3.63) is 64.7 Å². The number of hydrazone groups is 1. The van der Waals surface area contributed by atoms with Crippen LogP contribution < -0.4 is 10.7 Å². The Morgan fingerprint density at radius 2 is 1.71 bits per heavy atom. The average molecular weight is 344 g/mol. The Morgan fingerprint density at radius 1 is 1.04 bits per heavy atom. The molecule has 2 aromatic carbocycles. The Kier molecular flexibility index (Phi) is 6.51. The molecule has 2 amide bonds. The van der Waals surface area contributed by atoms with Gasteiger partial charge < -0.3 is 5.32 Å². The van der Waals surface area contributed by atoms with Crippen LogP contribution in [0.4, 0.5) is 5.69 Å². The molecule has 0 spiro atoms. The predicted molar refractivity (Wildman–Crippen MR) is 96.2 cm³/mol. The molecule has 0 aliphatic heterocycles. The zero-order chi connectivity index (χ0) is 17.4. The molecule has 2 aromatic rings. The van der Waals surface area contributed by atoms with Gasteiger partial charge in [0.25, 0.3) is 0 Å². The van der Waals surface area contributed by atoms with E-state index in [1.54, 1.807) is 12.1 Å². The highest BCUT2D eigenvalue weighted by atomic mass is 35.5. The number of aryl methyl sites for hydroxylation is 1. The molecule has 24 heavy (non-hydrogen) atoms. The molecular formula is C18H18ClN3O2. The molecule has 0 radical (unpaired) electrons. The molecule has 0 saturated heterocycles. The highest BCUT2D eigenvalue weighted by Gasteiger charge is 2.06. The zero-order valence-corrected chi connectivity index (χ0v) is 14.0. The van der Waals surface area contributed by atoms with Crippen LogP contribution in [0.25, 0.3) is 0 Å². The molecule has 0 aliphatic rings. The first-order valence-corrected chi connectivity index (χ1v) is 7.85. The lowest BCUT2D eigenvalue weighted by Crippen LogP contribution is -2.20. The van der Waals surface area contributed by atoms with Gasteiger partial charge in [-0.2, -0.15) is 5.10 Å². The second-order valence-corrected chi connectivity index (χ2v) is 5.64. The van der Waals surface area contributed by atoms with E-state index in [1.807, 2.05) is 43.3 Å². The van der Waals surface area contributed by atoms with E-state index in [0.29, 0.717) is 16.3 Å². The average Bonchev–Trinajstić information content (AvgIpc) is 2.57. The summed E-state index contributed by atoms with van der Waals surface area (Å²) in [6.07, 6.45) is 1.60. The van der Waals surface area contributed by atoms with Crippen molar-refractivity contribution in [1.82, 2.24) is 5.43 Å². The van der Waals surface area contributed by atoms with Crippen LogP contribution >= 0.6 is 11.6 Å². The van der Waals surface area contributed by atoms with E-state index in [9.17, 15) is 9.59 Å². The van der Waals surface area contributed by atoms with Gasteiger partial charge in [0, 0.05) is 29.1 Å². The third-order valence-electron chi connectivity index (χ3n) is 3.21. The maximum Gasteiger partial charge on any atom is 0.240 e. The lowest BCUT2D eigenvalue weighted by atomic mass is 10.2. The van der Waals surface area contributed by atoms with Crippen LogP contribution in [0.3, 0.4) is 0 Å². The summed E-state index contributed by atoms with van der Waals surface area (Å²) in [5, 5.41) is 7.12. The third kappa shape index (κ3) is 5.85.